The third-order valence-electron chi connectivity index (χ3n) is 3.60. The molecule has 0 saturated carbocycles. The van der Waals surface area contributed by atoms with Crippen molar-refractivity contribution >= 4 is 5.97 Å². The SMILES string of the molecule is CCOC(=O)c1ccc(-c2ccc(CNCCCN(C)C)o2)cc1. The van der Waals surface area contributed by atoms with Gasteiger partial charge in [-0.3, -0.25) is 0 Å². The molecule has 0 saturated heterocycles. The summed E-state index contributed by atoms with van der Waals surface area (Å²) in [7, 11) is 4.15. The van der Waals surface area contributed by atoms with Crippen molar-refractivity contribution in [2.45, 2.75) is 19.9 Å². The molecule has 24 heavy (non-hydrogen) atoms. The van der Waals surface area contributed by atoms with E-state index in [0.717, 1.165) is 36.6 Å². The molecule has 0 atom stereocenters. The molecule has 0 aliphatic heterocycles. The molecule has 5 heteroatoms. The smallest absolute Gasteiger partial charge is 0.338 e. The second kappa shape index (κ2) is 9.25. The van der Waals surface area contributed by atoms with Crippen molar-refractivity contribution in [1.82, 2.24) is 10.2 Å². The second-order valence-corrected chi connectivity index (χ2v) is 5.90. The van der Waals surface area contributed by atoms with Crippen LogP contribution in [0.5, 0.6) is 0 Å². The Morgan fingerprint density at radius 2 is 1.92 bits per heavy atom. The lowest BCUT2D eigenvalue weighted by Gasteiger charge is -2.09. The molecule has 0 bridgehead atoms. The Bertz CT molecular complexity index is 632. The maximum absolute atomic E-state index is 11.7. The summed E-state index contributed by atoms with van der Waals surface area (Å²) >= 11 is 0. The summed E-state index contributed by atoms with van der Waals surface area (Å²) in [4.78, 5) is 13.8. The largest absolute Gasteiger partial charge is 0.462 e. The topological polar surface area (TPSA) is 54.7 Å². The van der Waals surface area contributed by atoms with Crippen LogP contribution < -0.4 is 5.32 Å². The molecule has 1 heterocycles. The number of carbonyl (C=O) groups excluding carboxylic acids is 1. The molecule has 1 N–H and O–H groups in total. The van der Waals surface area contributed by atoms with Gasteiger partial charge in [-0.1, -0.05) is 12.1 Å². The summed E-state index contributed by atoms with van der Waals surface area (Å²) in [6.07, 6.45) is 1.11. The van der Waals surface area contributed by atoms with E-state index in [9.17, 15) is 4.79 Å². The molecule has 130 valence electrons. The first-order valence-corrected chi connectivity index (χ1v) is 8.32. The van der Waals surface area contributed by atoms with Gasteiger partial charge in [0.05, 0.1) is 18.7 Å². The van der Waals surface area contributed by atoms with E-state index < -0.39 is 0 Å². The monoisotopic (exact) mass is 330 g/mol. The standard InChI is InChI=1S/C19H26N2O3/c1-4-23-19(22)16-8-6-15(7-9-16)18-11-10-17(24-18)14-20-12-5-13-21(2)3/h6-11,20H,4-5,12-14H2,1-3H3. The Labute approximate surface area is 143 Å². The van der Waals surface area contributed by atoms with Crippen molar-refractivity contribution in [3.8, 4) is 11.3 Å². The van der Waals surface area contributed by atoms with E-state index in [1.54, 1.807) is 19.1 Å². The van der Waals surface area contributed by atoms with Gasteiger partial charge < -0.3 is 19.4 Å². The van der Waals surface area contributed by atoms with Gasteiger partial charge in [-0.2, -0.15) is 0 Å². The minimum Gasteiger partial charge on any atom is -0.462 e. The molecule has 2 aromatic rings. The van der Waals surface area contributed by atoms with E-state index in [0.29, 0.717) is 18.7 Å². The highest BCUT2D eigenvalue weighted by atomic mass is 16.5. The third kappa shape index (κ3) is 5.51. The first kappa shape index (κ1) is 18.2. The zero-order valence-electron chi connectivity index (χ0n) is 14.7. The highest BCUT2D eigenvalue weighted by molar-refractivity contribution is 5.89. The summed E-state index contributed by atoms with van der Waals surface area (Å²) in [5.74, 6) is 1.41. The predicted octanol–water partition coefficient (Wildman–Crippen LogP) is 3.16. The summed E-state index contributed by atoms with van der Waals surface area (Å²) in [5, 5.41) is 3.38. The fourth-order valence-electron chi connectivity index (χ4n) is 2.34. The lowest BCUT2D eigenvalue weighted by molar-refractivity contribution is 0.0526. The van der Waals surface area contributed by atoms with Crippen LogP contribution in [-0.4, -0.2) is 44.7 Å². The van der Waals surface area contributed by atoms with Crippen LogP contribution in [0.25, 0.3) is 11.3 Å². The number of esters is 1. The van der Waals surface area contributed by atoms with Crippen molar-refractivity contribution in [3.05, 3.63) is 47.7 Å². The molecule has 0 aliphatic rings. The van der Waals surface area contributed by atoms with Crippen molar-refractivity contribution in [2.75, 3.05) is 33.8 Å². The molecule has 0 aliphatic carbocycles. The van der Waals surface area contributed by atoms with Crippen LogP contribution in [-0.2, 0) is 11.3 Å². The molecule has 0 radical (unpaired) electrons. The summed E-state index contributed by atoms with van der Waals surface area (Å²) in [6.45, 7) is 4.93. The van der Waals surface area contributed by atoms with Gasteiger partial charge in [-0.15, -0.1) is 0 Å². The van der Waals surface area contributed by atoms with Crippen LogP contribution in [0.4, 0.5) is 0 Å². The maximum atomic E-state index is 11.7. The number of rotatable bonds is 9. The van der Waals surface area contributed by atoms with Gasteiger partial charge in [0.15, 0.2) is 0 Å². The zero-order chi connectivity index (χ0) is 17.4. The molecule has 1 aromatic carbocycles. The number of hydrogen-bond acceptors (Lipinski definition) is 5. The van der Waals surface area contributed by atoms with E-state index in [-0.39, 0.29) is 5.97 Å². The highest BCUT2D eigenvalue weighted by Gasteiger charge is 2.08. The fraction of sp³-hybridized carbons (Fsp3) is 0.421. The van der Waals surface area contributed by atoms with Gasteiger partial charge in [0.2, 0.25) is 0 Å². The Morgan fingerprint density at radius 1 is 1.17 bits per heavy atom. The average Bonchev–Trinajstić information content (AvgIpc) is 3.03. The van der Waals surface area contributed by atoms with Crippen molar-refractivity contribution in [1.29, 1.82) is 0 Å². The van der Waals surface area contributed by atoms with Gasteiger partial charge in [-0.25, -0.2) is 4.79 Å². The molecule has 5 nitrogen and oxygen atoms in total. The molecule has 0 unspecified atom stereocenters. The number of furan rings is 1. The molecule has 1 aromatic heterocycles. The Morgan fingerprint density at radius 3 is 2.58 bits per heavy atom. The number of nitrogens with one attached hydrogen (secondary N) is 1. The first-order chi connectivity index (χ1) is 11.6. The van der Waals surface area contributed by atoms with Crippen molar-refractivity contribution in [3.63, 3.8) is 0 Å². The van der Waals surface area contributed by atoms with Crippen LogP contribution >= 0.6 is 0 Å². The normalized spacial score (nSPS) is 11.0. The van der Waals surface area contributed by atoms with Crippen LogP contribution in [0, 0.1) is 0 Å². The first-order valence-electron chi connectivity index (χ1n) is 8.32. The number of hydrogen-bond donors (Lipinski definition) is 1. The second-order valence-electron chi connectivity index (χ2n) is 5.90. The van der Waals surface area contributed by atoms with Crippen molar-refractivity contribution in [2.24, 2.45) is 0 Å². The molecule has 0 amide bonds. The van der Waals surface area contributed by atoms with Crippen LogP contribution in [0.1, 0.15) is 29.5 Å². The summed E-state index contributed by atoms with van der Waals surface area (Å²) in [5.41, 5.74) is 1.50. The number of benzene rings is 1. The van der Waals surface area contributed by atoms with Crippen molar-refractivity contribution < 1.29 is 13.9 Å². The quantitative estimate of drug-likeness (QED) is 0.565. The molecular weight excluding hydrogens is 304 g/mol. The van der Waals surface area contributed by atoms with Gasteiger partial charge >= 0.3 is 5.97 Å². The Hall–Kier alpha value is -2.11. The lowest BCUT2D eigenvalue weighted by atomic mass is 10.1. The number of ether oxygens (including phenoxy) is 1. The summed E-state index contributed by atoms with van der Waals surface area (Å²) < 4.78 is 10.8. The third-order valence-corrected chi connectivity index (χ3v) is 3.60. The molecule has 2 rings (SSSR count). The highest BCUT2D eigenvalue weighted by Crippen LogP contribution is 2.22. The maximum Gasteiger partial charge on any atom is 0.338 e. The van der Waals surface area contributed by atoms with Gasteiger partial charge in [0, 0.05) is 5.56 Å². The molecule has 0 fully saturated rings. The fourth-order valence-corrected chi connectivity index (χ4v) is 2.34. The Kier molecular flexibility index (Phi) is 7.03. The summed E-state index contributed by atoms with van der Waals surface area (Å²) in [6, 6.07) is 11.2. The van der Waals surface area contributed by atoms with Crippen LogP contribution in [0.15, 0.2) is 40.8 Å². The van der Waals surface area contributed by atoms with Crippen LogP contribution in [0.2, 0.25) is 0 Å². The minimum atomic E-state index is -0.300. The molecule has 0 spiro atoms. The van der Waals surface area contributed by atoms with E-state index in [2.05, 4.69) is 24.3 Å². The van der Waals surface area contributed by atoms with E-state index in [1.165, 1.54) is 0 Å². The minimum absolute atomic E-state index is 0.300. The number of nitrogens with zero attached hydrogens (tertiary/aromatic N) is 1. The van der Waals surface area contributed by atoms with E-state index in [4.69, 9.17) is 9.15 Å². The predicted molar refractivity (Wildman–Crippen MR) is 95.0 cm³/mol. The van der Waals surface area contributed by atoms with Gasteiger partial charge in [0.25, 0.3) is 0 Å². The number of carbonyl (C=O) groups is 1. The lowest BCUT2D eigenvalue weighted by Crippen LogP contribution is -2.20. The van der Waals surface area contributed by atoms with Gasteiger partial charge in [0.1, 0.15) is 11.5 Å². The zero-order valence-corrected chi connectivity index (χ0v) is 14.7. The van der Waals surface area contributed by atoms with E-state index >= 15 is 0 Å². The van der Waals surface area contributed by atoms with Gasteiger partial charge in [-0.05, 0) is 64.8 Å². The van der Waals surface area contributed by atoms with E-state index in [1.807, 2.05) is 24.3 Å². The average molecular weight is 330 g/mol. The molecular formula is C19H26N2O3. The Balaban J connectivity index is 1.87. The van der Waals surface area contributed by atoms with Crippen LogP contribution in [0.3, 0.4) is 0 Å².